The minimum Gasteiger partial charge on any atom is -0.497 e. The van der Waals surface area contributed by atoms with Gasteiger partial charge in [-0.3, -0.25) is 14.3 Å². The van der Waals surface area contributed by atoms with Crippen LogP contribution in [0.2, 0.25) is 0 Å². The fourth-order valence-corrected chi connectivity index (χ4v) is 4.80. The molecule has 0 aliphatic heterocycles. The number of hydrogen-bond donors (Lipinski definition) is 3. The molecule has 3 aromatic carbocycles. The summed E-state index contributed by atoms with van der Waals surface area (Å²) >= 11 is 0. The van der Waals surface area contributed by atoms with Gasteiger partial charge in [-0.2, -0.15) is 0 Å². The summed E-state index contributed by atoms with van der Waals surface area (Å²) in [5.41, 5.74) is 1.85. The lowest BCUT2D eigenvalue weighted by molar-refractivity contribution is 0.102. The van der Waals surface area contributed by atoms with Crippen LogP contribution in [-0.2, 0) is 10.0 Å². The van der Waals surface area contributed by atoms with Crippen molar-refractivity contribution >= 4 is 27.3 Å². The molecule has 0 unspecified atom stereocenters. The number of pyridine rings is 1. The molecule has 0 spiro atoms. The van der Waals surface area contributed by atoms with E-state index < -0.39 is 21.5 Å². The van der Waals surface area contributed by atoms with Crippen LogP contribution in [0.4, 0.5) is 11.4 Å². The smallest absolute Gasteiger partial charge is 0.262 e. The number of carbonyl (C=O) groups is 1. The second-order valence-corrected chi connectivity index (χ2v) is 9.40. The summed E-state index contributed by atoms with van der Waals surface area (Å²) in [7, 11) is -2.42. The molecular formula is C26H23N3O5S. The molecule has 4 aromatic rings. The number of benzene rings is 3. The lowest BCUT2D eigenvalue weighted by atomic mass is 10.1. The monoisotopic (exact) mass is 489 g/mol. The summed E-state index contributed by atoms with van der Waals surface area (Å²) in [4.78, 5) is 28.0. The van der Waals surface area contributed by atoms with Gasteiger partial charge in [0.1, 0.15) is 11.3 Å². The maximum Gasteiger partial charge on any atom is 0.262 e. The molecule has 178 valence electrons. The number of ether oxygens (including phenoxy) is 1. The van der Waals surface area contributed by atoms with Gasteiger partial charge in [-0.05, 0) is 66.6 Å². The number of amides is 1. The van der Waals surface area contributed by atoms with Crippen LogP contribution in [0.15, 0.2) is 94.6 Å². The quantitative estimate of drug-likeness (QED) is 0.355. The Morgan fingerprint density at radius 3 is 2.23 bits per heavy atom. The third kappa shape index (κ3) is 5.42. The zero-order valence-corrected chi connectivity index (χ0v) is 19.8. The van der Waals surface area contributed by atoms with Gasteiger partial charge in [-0.15, -0.1) is 0 Å². The van der Waals surface area contributed by atoms with Crippen molar-refractivity contribution in [3.05, 3.63) is 106 Å². The summed E-state index contributed by atoms with van der Waals surface area (Å²) in [6.07, 6.45) is 0. The fourth-order valence-electron chi connectivity index (χ4n) is 3.47. The lowest BCUT2D eigenvalue weighted by Crippen LogP contribution is -2.23. The molecule has 0 saturated heterocycles. The van der Waals surface area contributed by atoms with E-state index in [-0.39, 0.29) is 16.1 Å². The SMILES string of the molecule is COc1ccc(NS(=O)(=O)c2cc(NC(=O)c3ccc(-c4ccccc4)[nH]c3=O)ccc2C)cc1. The number of aryl methyl sites for hydroxylation is 1. The summed E-state index contributed by atoms with van der Waals surface area (Å²) in [5.74, 6) is -0.0539. The highest BCUT2D eigenvalue weighted by Crippen LogP contribution is 2.24. The number of hydrogen-bond acceptors (Lipinski definition) is 5. The number of aromatic amines is 1. The highest BCUT2D eigenvalue weighted by Gasteiger charge is 2.19. The predicted molar refractivity (Wildman–Crippen MR) is 135 cm³/mol. The minimum absolute atomic E-state index is 0.000506. The minimum atomic E-state index is -3.94. The van der Waals surface area contributed by atoms with Gasteiger partial charge < -0.3 is 15.0 Å². The largest absolute Gasteiger partial charge is 0.497 e. The van der Waals surface area contributed by atoms with E-state index in [9.17, 15) is 18.0 Å². The van der Waals surface area contributed by atoms with E-state index in [2.05, 4.69) is 15.0 Å². The van der Waals surface area contributed by atoms with E-state index in [0.717, 1.165) is 5.56 Å². The van der Waals surface area contributed by atoms with Gasteiger partial charge in [-0.1, -0.05) is 36.4 Å². The molecule has 4 rings (SSSR count). The Morgan fingerprint density at radius 1 is 0.886 bits per heavy atom. The van der Waals surface area contributed by atoms with Gasteiger partial charge in [-0.25, -0.2) is 8.42 Å². The number of nitrogens with one attached hydrogen (secondary N) is 3. The van der Waals surface area contributed by atoms with Crippen LogP contribution >= 0.6 is 0 Å². The first-order valence-electron chi connectivity index (χ1n) is 10.6. The molecule has 3 N–H and O–H groups in total. The van der Waals surface area contributed by atoms with Crippen LogP contribution in [0.25, 0.3) is 11.3 Å². The van der Waals surface area contributed by atoms with Crippen molar-refractivity contribution in [3.8, 4) is 17.0 Å². The molecule has 0 saturated carbocycles. The van der Waals surface area contributed by atoms with Gasteiger partial charge in [0.2, 0.25) is 0 Å². The van der Waals surface area contributed by atoms with E-state index in [1.54, 1.807) is 49.4 Å². The van der Waals surface area contributed by atoms with Crippen molar-refractivity contribution in [2.75, 3.05) is 17.1 Å². The van der Waals surface area contributed by atoms with Crippen LogP contribution in [0, 0.1) is 6.92 Å². The highest BCUT2D eigenvalue weighted by atomic mass is 32.2. The first kappa shape index (κ1) is 23.8. The fraction of sp³-hybridized carbons (Fsp3) is 0.0769. The Hall–Kier alpha value is -4.37. The molecule has 0 fully saturated rings. The van der Waals surface area contributed by atoms with Crippen LogP contribution in [0.5, 0.6) is 5.75 Å². The first-order chi connectivity index (χ1) is 16.8. The molecule has 8 nitrogen and oxygen atoms in total. The second kappa shape index (κ2) is 9.86. The molecule has 1 amide bonds. The Morgan fingerprint density at radius 2 is 1.57 bits per heavy atom. The van der Waals surface area contributed by atoms with Crippen LogP contribution in [-0.4, -0.2) is 26.4 Å². The Balaban J connectivity index is 1.55. The number of H-pyrrole nitrogens is 1. The average molecular weight is 490 g/mol. The van der Waals surface area contributed by atoms with Gasteiger partial charge in [0.25, 0.3) is 21.5 Å². The van der Waals surface area contributed by atoms with E-state index in [1.807, 2.05) is 30.3 Å². The number of sulfonamides is 1. The molecule has 9 heteroatoms. The average Bonchev–Trinajstić information content (AvgIpc) is 2.85. The first-order valence-corrected chi connectivity index (χ1v) is 12.1. The molecule has 35 heavy (non-hydrogen) atoms. The maximum atomic E-state index is 13.0. The third-order valence-electron chi connectivity index (χ3n) is 5.32. The van der Waals surface area contributed by atoms with Crippen molar-refractivity contribution in [1.29, 1.82) is 0 Å². The maximum absolute atomic E-state index is 13.0. The topological polar surface area (TPSA) is 117 Å². The van der Waals surface area contributed by atoms with Gasteiger partial charge in [0, 0.05) is 17.1 Å². The molecule has 0 aliphatic carbocycles. The summed E-state index contributed by atoms with van der Waals surface area (Å²) in [5, 5.41) is 2.61. The van der Waals surface area contributed by atoms with Crippen LogP contribution in [0.1, 0.15) is 15.9 Å². The summed E-state index contributed by atoms with van der Waals surface area (Å²) in [6, 6.07) is 23.3. The normalized spacial score (nSPS) is 11.0. The highest BCUT2D eigenvalue weighted by molar-refractivity contribution is 7.92. The second-order valence-electron chi connectivity index (χ2n) is 7.75. The number of carbonyl (C=O) groups excluding carboxylic acids is 1. The van der Waals surface area contributed by atoms with Crippen LogP contribution < -0.4 is 20.3 Å². The van der Waals surface area contributed by atoms with Crippen molar-refractivity contribution in [2.45, 2.75) is 11.8 Å². The molecular weight excluding hydrogens is 466 g/mol. The Labute approximate surface area is 202 Å². The van der Waals surface area contributed by atoms with Gasteiger partial charge in [0.05, 0.1) is 12.0 Å². The zero-order chi connectivity index (χ0) is 25.0. The predicted octanol–water partition coefficient (Wildman–Crippen LogP) is 4.41. The van der Waals surface area contributed by atoms with Crippen LogP contribution in [0.3, 0.4) is 0 Å². The molecule has 0 atom stereocenters. The van der Waals surface area contributed by atoms with Crippen molar-refractivity contribution < 1.29 is 17.9 Å². The lowest BCUT2D eigenvalue weighted by Gasteiger charge is -2.13. The number of rotatable bonds is 7. The van der Waals surface area contributed by atoms with Gasteiger partial charge in [0.15, 0.2) is 0 Å². The summed E-state index contributed by atoms with van der Waals surface area (Å²) in [6.45, 7) is 1.65. The molecule has 0 aliphatic rings. The number of methoxy groups -OCH3 is 1. The van der Waals surface area contributed by atoms with Crippen molar-refractivity contribution in [1.82, 2.24) is 4.98 Å². The molecule has 0 bridgehead atoms. The standard InChI is InChI=1S/C26H23N3O5S/c1-17-8-9-20(16-24(17)35(32,33)29-19-10-12-21(34-2)13-11-19)27-25(30)22-14-15-23(28-26(22)31)18-6-4-3-5-7-18/h3-16,29H,1-2H3,(H,27,30)(H,28,31). The van der Waals surface area contributed by atoms with E-state index in [4.69, 9.17) is 4.74 Å². The van der Waals surface area contributed by atoms with E-state index in [0.29, 0.717) is 22.7 Å². The Kier molecular flexibility index (Phi) is 6.70. The summed E-state index contributed by atoms with van der Waals surface area (Å²) < 4.78 is 33.6. The van der Waals surface area contributed by atoms with E-state index >= 15 is 0 Å². The molecule has 1 aromatic heterocycles. The van der Waals surface area contributed by atoms with Crippen molar-refractivity contribution in [2.24, 2.45) is 0 Å². The molecule has 1 heterocycles. The van der Waals surface area contributed by atoms with Gasteiger partial charge >= 0.3 is 0 Å². The molecule has 0 radical (unpaired) electrons. The van der Waals surface area contributed by atoms with Crippen molar-refractivity contribution in [3.63, 3.8) is 0 Å². The number of aromatic nitrogens is 1. The zero-order valence-electron chi connectivity index (χ0n) is 19.0. The number of anilines is 2. The van der Waals surface area contributed by atoms with E-state index in [1.165, 1.54) is 19.2 Å². The third-order valence-corrected chi connectivity index (χ3v) is 6.84. The Bertz CT molecular complexity index is 1530.